The van der Waals surface area contributed by atoms with Gasteiger partial charge in [0.15, 0.2) is 0 Å². The highest BCUT2D eigenvalue weighted by Gasteiger charge is 2.19. The number of amides is 2. The lowest BCUT2D eigenvalue weighted by molar-refractivity contribution is 0.166. The number of nitrogens with one attached hydrogen (secondary N) is 2. The molecule has 0 saturated heterocycles. The maximum Gasteiger partial charge on any atom is 0.319 e. The van der Waals surface area contributed by atoms with E-state index in [0.29, 0.717) is 5.69 Å². The van der Waals surface area contributed by atoms with E-state index >= 15 is 0 Å². The van der Waals surface area contributed by atoms with Gasteiger partial charge in [-0.05, 0) is 36.2 Å². The maximum absolute atomic E-state index is 13.6. The van der Waals surface area contributed by atoms with Crippen LogP contribution in [0.15, 0.2) is 36.4 Å². The molecule has 0 fully saturated rings. The van der Waals surface area contributed by atoms with Crippen LogP contribution in [0.3, 0.4) is 0 Å². The Morgan fingerprint density at radius 3 is 2.72 bits per heavy atom. The van der Waals surface area contributed by atoms with Crippen molar-refractivity contribution in [2.45, 2.75) is 12.5 Å². The van der Waals surface area contributed by atoms with Gasteiger partial charge in [-0.15, -0.1) is 0 Å². The minimum absolute atomic E-state index is 0.311. The first-order valence-electron chi connectivity index (χ1n) is 7.96. The molecule has 132 valence electrons. The van der Waals surface area contributed by atoms with Crippen molar-refractivity contribution in [2.24, 2.45) is 0 Å². The summed E-state index contributed by atoms with van der Waals surface area (Å²) in [6, 6.07) is 8.39. The van der Waals surface area contributed by atoms with Crippen molar-refractivity contribution >= 4 is 17.4 Å². The van der Waals surface area contributed by atoms with E-state index in [4.69, 9.17) is 0 Å². The molecule has 0 saturated carbocycles. The molecule has 1 heterocycles. The van der Waals surface area contributed by atoms with Crippen molar-refractivity contribution in [2.75, 3.05) is 30.4 Å². The molecule has 2 aromatic rings. The second-order valence-corrected chi connectivity index (χ2v) is 6.00. The van der Waals surface area contributed by atoms with Crippen LogP contribution in [0.5, 0.6) is 0 Å². The molecule has 1 aliphatic heterocycles. The van der Waals surface area contributed by atoms with Crippen molar-refractivity contribution < 1.29 is 18.7 Å². The molecule has 0 bridgehead atoms. The van der Waals surface area contributed by atoms with Crippen molar-refractivity contribution in [3.05, 3.63) is 59.2 Å². The number of benzene rings is 2. The van der Waals surface area contributed by atoms with Gasteiger partial charge in [0.2, 0.25) is 0 Å². The van der Waals surface area contributed by atoms with E-state index in [1.54, 1.807) is 6.07 Å². The Labute approximate surface area is 144 Å². The van der Waals surface area contributed by atoms with Gasteiger partial charge < -0.3 is 20.6 Å². The summed E-state index contributed by atoms with van der Waals surface area (Å²) in [5, 5.41) is 15.0. The number of aliphatic hydroxyl groups is 1. The van der Waals surface area contributed by atoms with E-state index < -0.39 is 29.3 Å². The van der Waals surface area contributed by atoms with Crippen LogP contribution in [-0.2, 0) is 6.42 Å². The van der Waals surface area contributed by atoms with E-state index in [-0.39, 0.29) is 6.54 Å². The largest absolute Gasteiger partial charge is 0.386 e. The maximum atomic E-state index is 13.6. The molecular weight excluding hydrogens is 328 g/mol. The monoisotopic (exact) mass is 347 g/mol. The zero-order valence-electron chi connectivity index (χ0n) is 13.7. The lowest BCUT2D eigenvalue weighted by atomic mass is 10.1. The molecule has 3 rings (SSSR count). The van der Waals surface area contributed by atoms with Crippen LogP contribution < -0.4 is 15.5 Å². The molecule has 25 heavy (non-hydrogen) atoms. The smallest absolute Gasteiger partial charge is 0.319 e. The SMILES string of the molecule is CN1CCc2ccc(NC(=O)NCC(O)c3c(F)cccc3F)cc21. The lowest BCUT2D eigenvalue weighted by Gasteiger charge is -2.16. The third-order valence-corrected chi connectivity index (χ3v) is 4.26. The quantitative estimate of drug-likeness (QED) is 0.797. The Morgan fingerprint density at radius 2 is 2.00 bits per heavy atom. The molecule has 0 aromatic heterocycles. The number of nitrogens with zero attached hydrogens (tertiary/aromatic N) is 1. The summed E-state index contributed by atoms with van der Waals surface area (Å²) in [6.07, 6.45) is -0.503. The molecule has 1 unspecified atom stereocenters. The van der Waals surface area contributed by atoms with Gasteiger partial charge >= 0.3 is 6.03 Å². The minimum atomic E-state index is -1.47. The van der Waals surface area contributed by atoms with Crippen LogP contribution in [0.25, 0.3) is 0 Å². The number of anilines is 2. The third kappa shape index (κ3) is 3.71. The predicted molar refractivity (Wildman–Crippen MR) is 91.8 cm³/mol. The van der Waals surface area contributed by atoms with Gasteiger partial charge in [-0.2, -0.15) is 0 Å². The number of fused-ring (bicyclic) bond motifs is 1. The standard InChI is InChI=1S/C18H19F2N3O2/c1-23-8-7-11-5-6-12(9-15(11)23)22-18(25)21-10-16(24)17-13(19)3-2-4-14(17)20/h2-6,9,16,24H,7-8,10H2,1H3,(H2,21,22,25). The van der Waals surface area contributed by atoms with E-state index in [9.17, 15) is 18.7 Å². The highest BCUT2D eigenvalue weighted by molar-refractivity contribution is 5.90. The Bertz CT molecular complexity index is 778. The Hall–Kier alpha value is -2.67. The number of hydrogen-bond acceptors (Lipinski definition) is 3. The van der Waals surface area contributed by atoms with Gasteiger partial charge in [-0.1, -0.05) is 12.1 Å². The fourth-order valence-corrected chi connectivity index (χ4v) is 2.91. The summed E-state index contributed by atoms with van der Waals surface area (Å²) in [6.45, 7) is 0.625. The van der Waals surface area contributed by atoms with Gasteiger partial charge in [0, 0.05) is 31.5 Å². The molecule has 0 aliphatic carbocycles. The van der Waals surface area contributed by atoms with Crippen molar-refractivity contribution in [1.29, 1.82) is 0 Å². The summed E-state index contributed by atoms with van der Waals surface area (Å²) >= 11 is 0. The number of urea groups is 1. The summed E-state index contributed by atoms with van der Waals surface area (Å²) < 4.78 is 27.2. The fourth-order valence-electron chi connectivity index (χ4n) is 2.91. The van der Waals surface area contributed by atoms with Crippen LogP contribution in [0.2, 0.25) is 0 Å². The number of carbonyl (C=O) groups excluding carboxylic acids is 1. The first-order valence-corrected chi connectivity index (χ1v) is 7.96. The average molecular weight is 347 g/mol. The van der Waals surface area contributed by atoms with Gasteiger partial charge in [0.05, 0.1) is 5.56 Å². The first-order chi connectivity index (χ1) is 12.0. The summed E-state index contributed by atoms with van der Waals surface area (Å²) in [5.74, 6) is -1.70. The van der Waals surface area contributed by atoms with Gasteiger partial charge in [-0.3, -0.25) is 0 Å². The topological polar surface area (TPSA) is 64.6 Å². The zero-order valence-corrected chi connectivity index (χ0v) is 13.7. The van der Waals surface area contributed by atoms with Crippen molar-refractivity contribution in [1.82, 2.24) is 5.32 Å². The number of likely N-dealkylation sites (N-methyl/N-ethyl adjacent to an activating group) is 1. The molecule has 0 spiro atoms. The normalized spacial score (nSPS) is 14.2. The summed E-state index contributed by atoms with van der Waals surface area (Å²) in [4.78, 5) is 14.1. The zero-order chi connectivity index (χ0) is 18.0. The van der Waals surface area contributed by atoms with E-state index in [2.05, 4.69) is 15.5 Å². The minimum Gasteiger partial charge on any atom is -0.386 e. The Morgan fingerprint density at radius 1 is 1.28 bits per heavy atom. The van der Waals surface area contributed by atoms with Crippen LogP contribution in [-0.4, -0.2) is 31.3 Å². The summed E-state index contributed by atoms with van der Waals surface area (Å²) in [5.41, 5.74) is 2.43. The van der Waals surface area contributed by atoms with Crippen LogP contribution in [0, 0.1) is 11.6 Å². The number of rotatable bonds is 4. The second-order valence-electron chi connectivity index (χ2n) is 6.00. The third-order valence-electron chi connectivity index (χ3n) is 4.26. The highest BCUT2D eigenvalue weighted by Crippen LogP contribution is 2.29. The molecule has 2 amide bonds. The number of carbonyl (C=O) groups is 1. The van der Waals surface area contributed by atoms with Gasteiger partial charge in [-0.25, -0.2) is 13.6 Å². The van der Waals surface area contributed by atoms with Crippen molar-refractivity contribution in [3.63, 3.8) is 0 Å². The molecule has 0 radical (unpaired) electrons. The molecule has 5 nitrogen and oxygen atoms in total. The first kappa shape index (κ1) is 17.2. The molecule has 3 N–H and O–H groups in total. The van der Waals surface area contributed by atoms with Crippen LogP contribution >= 0.6 is 0 Å². The average Bonchev–Trinajstić information content (AvgIpc) is 2.94. The molecule has 1 aliphatic rings. The Balaban J connectivity index is 1.59. The molecule has 7 heteroatoms. The van der Waals surface area contributed by atoms with E-state index in [0.717, 1.165) is 30.8 Å². The number of hydrogen-bond donors (Lipinski definition) is 3. The molecule has 1 atom stereocenters. The van der Waals surface area contributed by atoms with E-state index in [1.807, 2.05) is 19.2 Å². The van der Waals surface area contributed by atoms with Crippen LogP contribution in [0.4, 0.5) is 25.0 Å². The lowest BCUT2D eigenvalue weighted by Crippen LogP contribution is -2.32. The fraction of sp³-hybridized carbons (Fsp3) is 0.278. The van der Waals surface area contributed by atoms with Crippen LogP contribution in [0.1, 0.15) is 17.2 Å². The number of halogens is 2. The van der Waals surface area contributed by atoms with Gasteiger partial charge in [0.25, 0.3) is 0 Å². The van der Waals surface area contributed by atoms with E-state index in [1.165, 1.54) is 11.6 Å². The second kappa shape index (κ2) is 7.06. The molecular formula is C18H19F2N3O2. The predicted octanol–water partition coefficient (Wildman–Crippen LogP) is 2.81. The van der Waals surface area contributed by atoms with Gasteiger partial charge in [0.1, 0.15) is 17.7 Å². The highest BCUT2D eigenvalue weighted by atomic mass is 19.1. The molecule has 2 aromatic carbocycles. The van der Waals surface area contributed by atoms with Crippen molar-refractivity contribution in [3.8, 4) is 0 Å². The summed E-state index contributed by atoms with van der Waals surface area (Å²) in [7, 11) is 1.98. The number of aliphatic hydroxyl groups excluding tert-OH is 1. The Kier molecular flexibility index (Phi) is 4.85.